The molecule has 6 heteroatoms. The van der Waals surface area contributed by atoms with Crippen LogP contribution in [0.3, 0.4) is 0 Å². The van der Waals surface area contributed by atoms with E-state index in [0.29, 0.717) is 18.1 Å². The first-order chi connectivity index (χ1) is 13.1. The third-order valence-electron chi connectivity index (χ3n) is 5.25. The predicted molar refractivity (Wildman–Crippen MR) is 109 cm³/mol. The second-order valence-corrected chi connectivity index (χ2v) is 7.72. The van der Waals surface area contributed by atoms with Crippen LogP contribution in [0.2, 0.25) is 5.02 Å². The first kappa shape index (κ1) is 19.9. The van der Waals surface area contributed by atoms with Gasteiger partial charge in [-0.3, -0.25) is 9.59 Å². The van der Waals surface area contributed by atoms with Crippen LogP contribution in [0.5, 0.6) is 0 Å². The van der Waals surface area contributed by atoms with Crippen LogP contribution in [0.4, 0.5) is 0 Å². The van der Waals surface area contributed by atoms with E-state index in [1.165, 1.54) is 38.4 Å². The van der Waals surface area contributed by atoms with Gasteiger partial charge >= 0.3 is 0 Å². The molecule has 27 heavy (non-hydrogen) atoms. The third-order valence-corrected chi connectivity index (χ3v) is 5.48. The highest BCUT2D eigenvalue weighted by Gasteiger charge is 2.25. The maximum absolute atomic E-state index is 12.4. The molecule has 2 aliphatic heterocycles. The number of rotatable bonds is 6. The predicted octanol–water partition coefficient (Wildman–Crippen LogP) is 2.90. The third kappa shape index (κ3) is 6.08. The summed E-state index contributed by atoms with van der Waals surface area (Å²) < 4.78 is 0. The van der Waals surface area contributed by atoms with Crippen molar-refractivity contribution in [3.05, 3.63) is 40.9 Å². The van der Waals surface area contributed by atoms with Crippen LogP contribution in [-0.4, -0.2) is 72.3 Å². The fourth-order valence-corrected chi connectivity index (χ4v) is 3.88. The molecule has 3 rings (SSSR count). The lowest BCUT2D eigenvalue weighted by molar-refractivity contribution is -0.142. The van der Waals surface area contributed by atoms with Crippen molar-refractivity contribution < 1.29 is 9.59 Å². The zero-order valence-corrected chi connectivity index (χ0v) is 16.5. The van der Waals surface area contributed by atoms with Gasteiger partial charge in [0.1, 0.15) is 6.54 Å². The summed E-state index contributed by atoms with van der Waals surface area (Å²) in [5, 5.41) is 0.637. The normalized spacial score (nSPS) is 19.1. The van der Waals surface area contributed by atoms with Gasteiger partial charge in [-0.15, -0.1) is 0 Å². The standard InChI is InChI=1S/C21H28ClN3O2/c22-19-7-4-6-18(16-19)8-9-20(26)25-15-14-24(21(27)17-25)13-5-12-23-10-2-1-3-11-23/h4,6-9,16H,1-3,5,10-15,17H2/b9-8+. The molecule has 2 saturated heterocycles. The molecule has 2 aliphatic rings. The van der Waals surface area contributed by atoms with Crippen LogP contribution in [0.1, 0.15) is 31.2 Å². The van der Waals surface area contributed by atoms with Gasteiger partial charge in [0.15, 0.2) is 0 Å². The van der Waals surface area contributed by atoms with Crippen molar-refractivity contribution >= 4 is 29.5 Å². The Kier molecular flexibility index (Phi) is 7.30. The zero-order valence-electron chi connectivity index (χ0n) is 15.8. The van der Waals surface area contributed by atoms with Crippen molar-refractivity contribution in [1.82, 2.24) is 14.7 Å². The Hall–Kier alpha value is -1.85. The van der Waals surface area contributed by atoms with Crippen molar-refractivity contribution in [2.45, 2.75) is 25.7 Å². The first-order valence-corrected chi connectivity index (χ1v) is 10.2. The number of halogens is 1. The number of nitrogens with zero attached hydrogens (tertiary/aromatic N) is 3. The van der Waals surface area contributed by atoms with Crippen LogP contribution in [-0.2, 0) is 9.59 Å². The Labute approximate surface area is 166 Å². The molecule has 1 aromatic carbocycles. The van der Waals surface area contributed by atoms with E-state index >= 15 is 0 Å². The largest absolute Gasteiger partial charge is 0.339 e. The zero-order chi connectivity index (χ0) is 19.1. The van der Waals surface area contributed by atoms with Crippen LogP contribution < -0.4 is 0 Å². The Bertz CT molecular complexity index is 686. The minimum atomic E-state index is -0.128. The Morgan fingerprint density at radius 1 is 1.07 bits per heavy atom. The molecule has 2 fully saturated rings. The molecule has 2 amide bonds. The van der Waals surface area contributed by atoms with Crippen LogP contribution in [0.15, 0.2) is 30.3 Å². The van der Waals surface area contributed by atoms with Crippen molar-refractivity contribution in [3.63, 3.8) is 0 Å². The minimum absolute atomic E-state index is 0.0457. The molecule has 0 unspecified atom stereocenters. The molecule has 146 valence electrons. The first-order valence-electron chi connectivity index (χ1n) is 9.84. The fourth-order valence-electron chi connectivity index (χ4n) is 3.68. The Morgan fingerprint density at radius 3 is 2.63 bits per heavy atom. The van der Waals surface area contributed by atoms with Gasteiger partial charge < -0.3 is 14.7 Å². The molecular formula is C21H28ClN3O2. The maximum atomic E-state index is 12.4. The average Bonchev–Trinajstić information content (AvgIpc) is 2.68. The van der Waals surface area contributed by atoms with Crippen molar-refractivity contribution in [1.29, 1.82) is 0 Å². The molecule has 0 spiro atoms. The highest BCUT2D eigenvalue weighted by Crippen LogP contribution is 2.13. The van der Waals surface area contributed by atoms with Crippen molar-refractivity contribution in [3.8, 4) is 0 Å². The van der Waals surface area contributed by atoms with Gasteiger partial charge in [-0.25, -0.2) is 0 Å². The number of carbonyl (C=O) groups is 2. The van der Waals surface area contributed by atoms with Gasteiger partial charge in [0.05, 0.1) is 0 Å². The summed E-state index contributed by atoms with van der Waals surface area (Å²) in [5.74, 6) is -0.0827. The van der Waals surface area contributed by atoms with Crippen molar-refractivity contribution in [2.24, 2.45) is 0 Å². The van der Waals surface area contributed by atoms with Crippen LogP contribution in [0.25, 0.3) is 6.08 Å². The van der Waals surface area contributed by atoms with Gasteiger partial charge in [0.2, 0.25) is 11.8 Å². The quantitative estimate of drug-likeness (QED) is 0.702. The lowest BCUT2D eigenvalue weighted by Gasteiger charge is -2.34. The van der Waals surface area contributed by atoms with Crippen LogP contribution >= 0.6 is 11.6 Å². The number of benzene rings is 1. The Morgan fingerprint density at radius 2 is 1.89 bits per heavy atom. The number of piperidine rings is 1. The molecule has 0 N–H and O–H groups in total. The second kappa shape index (κ2) is 9.90. The lowest BCUT2D eigenvalue weighted by atomic mass is 10.1. The molecule has 1 aromatic rings. The van der Waals surface area contributed by atoms with Gasteiger partial charge in [-0.2, -0.15) is 0 Å². The molecule has 5 nitrogen and oxygen atoms in total. The Balaban J connectivity index is 1.42. The SMILES string of the molecule is O=C(/C=C/c1cccc(Cl)c1)N1CCN(CCCN2CCCCC2)C(=O)C1. The highest BCUT2D eigenvalue weighted by molar-refractivity contribution is 6.30. The van der Waals surface area contributed by atoms with E-state index in [9.17, 15) is 9.59 Å². The van der Waals surface area contributed by atoms with Crippen molar-refractivity contribution in [2.75, 3.05) is 45.8 Å². The summed E-state index contributed by atoms with van der Waals surface area (Å²) in [6, 6.07) is 7.33. The summed E-state index contributed by atoms with van der Waals surface area (Å²) in [7, 11) is 0. The van der Waals surface area contributed by atoms with Gasteiger partial charge in [0.25, 0.3) is 0 Å². The molecule has 0 bridgehead atoms. The van der Waals surface area contributed by atoms with E-state index in [-0.39, 0.29) is 18.4 Å². The van der Waals surface area contributed by atoms with E-state index in [1.54, 1.807) is 23.1 Å². The second-order valence-electron chi connectivity index (χ2n) is 7.28. The van der Waals surface area contributed by atoms with E-state index in [1.807, 2.05) is 17.0 Å². The lowest BCUT2D eigenvalue weighted by Crippen LogP contribution is -2.52. The summed E-state index contributed by atoms with van der Waals surface area (Å²) in [6.07, 6.45) is 8.20. The number of amides is 2. The fraction of sp³-hybridized carbons (Fsp3) is 0.524. The molecule has 0 aliphatic carbocycles. The number of hydrogen-bond acceptors (Lipinski definition) is 3. The number of piperazine rings is 1. The molecule has 2 heterocycles. The van der Waals surface area contributed by atoms with E-state index in [0.717, 1.165) is 25.1 Å². The van der Waals surface area contributed by atoms with E-state index < -0.39 is 0 Å². The van der Waals surface area contributed by atoms with E-state index in [2.05, 4.69) is 4.90 Å². The number of hydrogen-bond donors (Lipinski definition) is 0. The molecule has 0 atom stereocenters. The monoisotopic (exact) mass is 389 g/mol. The van der Waals surface area contributed by atoms with E-state index in [4.69, 9.17) is 11.6 Å². The minimum Gasteiger partial charge on any atom is -0.339 e. The number of likely N-dealkylation sites (tertiary alicyclic amines) is 1. The summed E-state index contributed by atoms with van der Waals surface area (Å²) in [4.78, 5) is 30.8. The smallest absolute Gasteiger partial charge is 0.247 e. The number of carbonyl (C=O) groups excluding carboxylic acids is 2. The summed E-state index contributed by atoms with van der Waals surface area (Å²) in [5.41, 5.74) is 0.874. The molecule has 0 radical (unpaired) electrons. The van der Waals surface area contributed by atoms with Gasteiger partial charge in [-0.05, 0) is 62.7 Å². The average molecular weight is 390 g/mol. The highest BCUT2D eigenvalue weighted by atomic mass is 35.5. The molecular weight excluding hydrogens is 362 g/mol. The topological polar surface area (TPSA) is 43.9 Å². The maximum Gasteiger partial charge on any atom is 0.247 e. The molecule has 0 saturated carbocycles. The van der Waals surface area contributed by atoms with Crippen LogP contribution in [0, 0.1) is 0 Å². The summed E-state index contributed by atoms with van der Waals surface area (Å²) >= 11 is 5.95. The molecule has 0 aromatic heterocycles. The van der Waals surface area contributed by atoms with Gasteiger partial charge in [-0.1, -0.05) is 30.2 Å². The summed E-state index contributed by atoms with van der Waals surface area (Å²) in [6.45, 7) is 5.61. The van der Waals surface area contributed by atoms with Gasteiger partial charge in [0, 0.05) is 30.7 Å².